The van der Waals surface area contributed by atoms with Crippen molar-refractivity contribution in [2.24, 2.45) is 0 Å². The molecule has 0 aliphatic carbocycles. The Kier molecular flexibility index (Phi) is 3.65. The Balaban J connectivity index is 2.08. The van der Waals surface area contributed by atoms with E-state index in [1.165, 1.54) is 0 Å². The van der Waals surface area contributed by atoms with Gasteiger partial charge in [-0.05, 0) is 40.2 Å². The summed E-state index contributed by atoms with van der Waals surface area (Å²) in [6.07, 6.45) is 3.34. The Morgan fingerprint density at radius 1 is 1.00 bits per heavy atom. The summed E-state index contributed by atoms with van der Waals surface area (Å²) < 4.78 is 28.2. The van der Waals surface area contributed by atoms with Crippen molar-refractivity contribution in [2.45, 2.75) is 4.90 Å². The molecule has 0 saturated heterocycles. The number of pyridine rings is 1. The molecule has 3 rings (SSSR count). The minimum absolute atomic E-state index is 0.205. The number of hydrogen-bond donors (Lipinski definition) is 1. The van der Waals surface area contributed by atoms with Crippen molar-refractivity contribution in [1.29, 1.82) is 0 Å². The molecule has 0 amide bonds. The maximum absolute atomic E-state index is 12.5. The van der Waals surface area contributed by atoms with Crippen molar-refractivity contribution >= 4 is 42.4 Å². The van der Waals surface area contributed by atoms with Crippen molar-refractivity contribution in [3.8, 4) is 0 Å². The number of nitrogens with zero attached hydrogens (tertiary/aromatic N) is 1. The van der Waals surface area contributed by atoms with E-state index in [1.807, 2.05) is 6.07 Å². The van der Waals surface area contributed by atoms with Gasteiger partial charge >= 0.3 is 0 Å². The van der Waals surface area contributed by atoms with Crippen LogP contribution < -0.4 is 4.72 Å². The standard InChI is InChI=1S/C15H11BrN2O2S/c16-13-5-1-2-7-15(13)21(19,20)18-14-6-3-4-11-10-17-9-8-12(11)14/h1-10,18H. The van der Waals surface area contributed by atoms with Gasteiger partial charge in [0.2, 0.25) is 0 Å². The molecule has 3 aromatic rings. The fourth-order valence-corrected chi connectivity index (χ4v) is 4.16. The lowest BCUT2D eigenvalue weighted by Crippen LogP contribution is -2.13. The summed E-state index contributed by atoms with van der Waals surface area (Å²) >= 11 is 3.27. The monoisotopic (exact) mass is 362 g/mol. The zero-order valence-corrected chi connectivity index (χ0v) is 13.2. The molecule has 21 heavy (non-hydrogen) atoms. The highest BCUT2D eigenvalue weighted by molar-refractivity contribution is 9.10. The van der Waals surface area contributed by atoms with Crippen LogP contribution in [-0.4, -0.2) is 13.4 Å². The second kappa shape index (κ2) is 5.46. The van der Waals surface area contributed by atoms with E-state index in [-0.39, 0.29) is 4.90 Å². The van der Waals surface area contributed by atoms with Crippen LogP contribution in [0.25, 0.3) is 10.8 Å². The molecule has 106 valence electrons. The van der Waals surface area contributed by atoms with Crippen LogP contribution in [0, 0.1) is 0 Å². The van der Waals surface area contributed by atoms with E-state index in [2.05, 4.69) is 25.6 Å². The molecule has 0 atom stereocenters. The number of hydrogen-bond acceptors (Lipinski definition) is 3. The molecule has 1 N–H and O–H groups in total. The van der Waals surface area contributed by atoms with Crippen molar-refractivity contribution in [1.82, 2.24) is 4.98 Å². The van der Waals surface area contributed by atoms with Crippen LogP contribution in [0.2, 0.25) is 0 Å². The molecule has 6 heteroatoms. The number of fused-ring (bicyclic) bond motifs is 1. The number of sulfonamides is 1. The third-order valence-corrected chi connectivity index (χ3v) is 5.43. The second-order valence-electron chi connectivity index (χ2n) is 4.44. The van der Waals surface area contributed by atoms with Gasteiger partial charge in [-0.3, -0.25) is 9.71 Å². The minimum Gasteiger partial charge on any atom is -0.279 e. The van der Waals surface area contributed by atoms with Gasteiger partial charge < -0.3 is 0 Å². The number of halogens is 1. The van der Waals surface area contributed by atoms with Gasteiger partial charge in [0.1, 0.15) is 4.90 Å². The highest BCUT2D eigenvalue weighted by Crippen LogP contribution is 2.27. The van der Waals surface area contributed by atoms with Gasteiger partial charge in [0.25, 0.3) is 10.0 Å². The van der Waals surface area contributed by atoms with Crippen molar-refractivity contribution in [3.63, 3.8) is 0 Å². The third-order valence-electron chi connectivity index (χ3n) is 3.05. The van der Waals surface area contributed by atoms with Crippen LogP contribution in [0.1, 0.15) is 0 Å². The number of anilines is 1. The number of nitrogens with one attached hydrogen (secondary N) is 1. The van der Waals surface area contributed by atoms with Crippen LogP contribution in [0.15, 0.2) is 70.3 Å². The van der Waals surface area contributed by atoms with E-state index in [4.69, 9.17) is 0 Å². The fraction of sp³-hybridized carbons (Fsp3) is 0. The van der Waals surface area contributed by atoms with Crippen molar-refractivity contribution in [3.05, 3.63) is 65.4 Å². The fourth-order valence-electron chi connectivity index (χ4n) is 2.07. The van der Waals surface area contributed by atoms with E-state index in [9.17, 15) is 8.42 Å². The number of rotatable bonds is 3. The summed E-state index contributed by atoms with van der Waals surface area (Å²) in [5.74, 6) is 0. The maximum atomic E-state index is 12.5. The molecular weight excluding hydrogens is 352 g/mol. The zero-order chi connectivity index (χ0) is 14.9. The van der Waals surface area contributed by atoms with Gasteiger partial charge in [0.05, 0.1) is 5.69 Å². The minimum atomic E-state index is -3.65. The summed E-state index contributed by atoms with van der Waals surface area (Å²) in [6, 6.07) is 13.9. The molecule has 0 radical (unpaired) electrons. The molecule has 0 aliphatic heterocycles. The predicted octanol–water partition coefficient (Wildman–Crippen LogP) is 3.80. The molecule has 2 aromatic carbocycles. The average molecular weight is 363 g/mol. The summed E-state index contributed by atoms with van der Waals surface area (Å²) in [5, 5.41) is 1.69. The van der Waals surface area contributed by atoms with Gasteiger partial charge in [-0.2, -0.15) is 0 Å². The summed E-state index contributed by atoms with van der Waals surface area (Å²) in [6.45, 7) is 0. The average Bonchev–Trinajstić information content (AvgIpc) is 2.47. The van der Waals surface area contributed by atoms with Crippen LogP contribution in [0.4, 0.5) is 5.69 Å². The lowest BCUT2D eigenvalue weighted by Gasteiger charge is -2.11. The molecule has 4 nitrogen and oxygen atoms in total. The molecule has 0 bridgehead atoms. The molecule has 0 unspecified atom stereocenters. The number of aromatic nitrogens is 1. The van der Waals surface area contributed by atoms with E-state index in [0.29, 0.717) is 10.2 Å². The Morgan fingerprint density at radius 2 is 1.81 bits per heavy atom. The van der Waals surface area contributed by atoms with E-state index in [1.54, 1.807) is 54.9 Å². The molecule has 1 aromatic heterocycles. The Hall–Kier alpha value is -1.92. The third kappa shape index (κ3) is 2.77. The van der Waals surface area contributed by atoms with Crippen LogP contribution in [0.3, 0.4) is 0 Å². The summed E-state index contributed by atoms with van der Waals surface area (Å²) in [5.41, 5.74) is 0.533. The molecule has 0 spiro atoms. The Bertz CT molecular complexity index is 905. The quantitative estimate of drug-likeness (QED) is 0.770. The lowest BCUT2D eigenvalue weighted by atomic mass is 10.1. The molecule has 0 fully saturated rings. The summed E-state index contributed by atoms with van der Waals surface area (Å²) in [4.78, 5) is 4.24. The second-order valence-corrected chi connectivity index (χ2v) is 6.94. The normalized spacial score (nSPS) is 11.5. The highest BCUT2D eigenvalue weighted by atomic mass is 79.9. The van der Waals surface area contributed by atoms with Gasteiger partial charge in [0, 0.05) is 27.6 Å². The molecule has 1 heterocycles. The molecule has 0 aliphatic rings. The number of benzene rings is 2. The first-order chi connectivity index (χ1) is 10.1. The Morgan fingerprint density at radius 3 is 2.62 bits per heavy atom. The molecular formula is C15H11BrN2O2S. The zero-order valence-electron chi connectivity index (χ0n) is 10.8. The van der Waals surface area contributed by atoms with E-state index in [0.717, 1.165) is 10.8 Å². The van der Waals surface area contributed by atoms with Gasteiger partial charge in [-0.1, -0.05) is 24.3 Å². The SMILES string of the molecule is O=S(=O)(Nc1cccc2cnccc12)c1ccccc1Br. The van der Waals surface area contributed by atoms with Crippen LogP contribution >= 0.6 is 15.9 Å². The van der Waals surface area contributed by atoms with Crippen LogP contribution in [0.5, 0.6) is 0 Å². The highest BCUT2D eigenvalue weighted by Gasteiger charge is 2.18. The Labute approximate surface area is 131 Å². The predicted molar refractivity (Wildman–Crippen MR) is 86.7 cm³/mol. The van der Waals surface area contributed by atoms with Crippen molar-refractivity contribution in [2.75, 3.05) is 4.72 Å². The largest absolute Gasteiger partial charge is 0.279 e. The van der Waals surface area contributed by atoms with Gasteiger partial charge in [0.15, 0.2) is 0 Å². The van der Waals surface area contributed by atoms with Crippen LogP contribution in [-0.2, 0) is 10.0 Å². The van der Waals surface area contributed by atoms with E-state index < -0.39 is 10.0 Å². The maximum Gasteiger partial charge on any atom is 0.263 e. The van der Waals surface area contributed by atoms with Crippen molar-refractivity contribution < 1.29 is 8.42 Å². The first-order valence-electron chi connectivity index (χ1n) is 6.18. The lowest BCUT2D eigenvalue weighted by molar-refractivity contribution is 0.601. The molecule has 0 saturated carbocycles. The first kappa shape index (κ1) is 14.0. The smallest absolute Gasteiger partial charge is 0.263 e. The van der Waals surface area contributed by atoms with E-state index >= 15 is 0 Å². The first-order valence-corrected chi connectivity index (χ1v) is 8.46. The summed E-state index contributed by atoms with van der Waals surface area (Å²) in [7, 11) is -3.65. The topological polar surface area (TPSA) is 59.1 Å². The van der Waals surface area contributed by atoms with Gasteiger partial charge in [-0.15, -0.1) is 0 Å². The van der Waals surface area contributed by atoms with Gasteiger partial charge in [-0.25, -0.2) is 8.42 Å².